The molecule has 5 heteroatoms. The van der Waals surface area contributed by atoms with Crippen LogP contribution in [0.3, 0.4) is 0 Å². The molecule has 0 fully saturated rings. The van der Waals surface area contributed by atoms with Crippen LogP contribution >= 0.6 is 11.3 Å². The third kappa shape index (κ3) is 3.52. The molecule has 0 amide bonds. The molecule has 4 nitrogen and oxygen atoms in total. The van der Waals surface area contributed by atoms with Crippen molar-refractivity contribution >= 4 is 70.4 Å². The summed E-state index contributed by atoms with van der Waals surface area (Å²) >= 11 is 1.84. The summed E-state index contributed by atoms with van der Waals surface area (Å²) in [7, 11) is 0. The van der Waals surface area contributed by atoms with Gasteiger partial charge < -0.3 is 14.4 Å². The van der Waals surface area contributed by atoms with Gasteiger partial charge in [-0.3, -0.25) is 4.57 Å². The largest absolute Gasteiger partial charge is 0.453 e. The van der Waals surface area contributed by atoms with E-state index in [4.69, 9.17) is 9.47 Å². The van der Waals surface area contributed by atoms with Crippen LogP contribution in [-0.4, -0.2) is 4.57 Å². The smallest absolute Gasteiger partial charge is 0.155 e. The lowest BCUT2D eigenvalue weighted by Gasteiger charge is -2.29. The van der Waals surface area contributed by atoms with Crippen LogP contribution in [0.2, 0.25) is 0 Å². The number of para-hydroxylation sites is 2. The molecule has 0 atom stereocenters. The zero-order valence-electron chi connectivity index (χ0n) is 25.0. The molecule has 0 radical (unpaired) electrons. The molecule has 4 heterocycles. The summed E-state index contributed by atoms with van der Waals surface area (Å²) in [6.07, 6.45) is 0. The van der Waals surface area contributed by atoms with Gasteiger partial charge in [-0.1, -0.05) is 78.9 Å². The Bertz CT molecular complexity index is 2760. The zero-order valence-corrected chi connectivity index (χ0v) is 25.8. The van der Waals surface area contributed by atoms with Crippen molar-refractivity contribution in [2.75, 3.05) is 4.90 Å². The number of thiophene rings is 1. The maximum Gasteiger partial charge on any atom is 0.155 e. The van der Waals surface area contributed by atoms with Gasteiger partial charge in [-0.25, -0.2) is 0 Å². The summed E-state index contributed by atoms with van der Waals surface area (Å²) in [5.74, 6) is 3.30. The number of benzene rings is 7. The van der Waals surface area contributed by atoms with Crippen molar-refractivity contribution < 1.29 is 9.47 Å². The van der Waals surface area contributed by atoms with E-state index in [0.29, 0.717) is 0 Å². The van der Waals surface area contributed by atoms with Gasteiger partial charge in [0.1, 0.15) is 5.69 Å². The highest BCUT2D eigenvalue weighted by Gasteiger charge is 2.32. The Morgan fingerprint density at radius 3 is 2.00 bits per heavy atom. The number of fused-ring (bicyclic) bond motifs is 4. The van der Waals surface area contributed by atoms with E-state index >= 15 is 0 Å². The molecule has 220 valence electrons. The van der Waals surface area contributed by atoms with Gasteiger partial charge in [-0.05, 0) is 71.8 Å². The van der Waals surface area contributed by atoms with E-state index < -0.39 is 0 Å². The van der Waals surface area contributed by atoms with E-state index in [0.717, 1.165) is 67.6 Å². The number of ether oxygens (including phenoxy) is 2. The Morgan fingerprint density at radius 1 is 0.426 bits per heavy atom. The summed E-state index contributed by atoms with van der Waals surface area (Å²) < 4.78 is 18.1. The lowest BCUT2D eigenvalue weighted by molar-refractivity contribution is 0.444. The second-order valence-corrected chi connectivity index (χ2v) is 13.2. The van der Waals surface area contributed by atoms with Crippen LogP contribution in [0.25, 0.3) is 58.8 Å². The Kier molecular flexibility index (Phi) is 4.96. The molecular weight excluding hydrogens is 597 g/mol. The highest BCUT2D eigenvalue weighted by molar-refractivity contribution is 7.25. The normalized spacial score (nSPS) is 12.6. The van der Waals surface area contributed by atoms with E-state index in [2.05, 4.69) is 137 Å². The average Bonchev–Trinajstić information content (AvgIpc) is 3.66. The van der Waals surface area contributed by atoms with Gasteiger partial charge in [0.05, 0.1) is 16.7 Å². The molecule has 9 aromatic rings. The Hall–Kier alpha value is -6.04. The fraction of sp³-hybridized carbons (Fsp3) is 0. The SMILES string of the molecule is c1ccc(-c2cccc(N(c3ccc4sc5ccccc5c4c3)c3cc4c5c(c3)c3cccc6c3n5-c3c(cccc3O4)O6)c2)cc1. The first-order chi connectivity index (χ1) is 23.3. The van der Waals surface area contributed by atoms with Crippen LogP contribution in [0.15, 0.2) is 146 Å². The third-order valence-electron chi connectivity index (χ3n) is 9.51. The lowest BCUT2D eigenvalue weighted by Crippen LogP contribution is -2.12. The van der Waals surface area contributed by atoms with Gasteiger partial charge in [0.15, 0.2) is 23.0 Å². The maximum atomic E-state index is 6.73. The zero-order chi connectivity index (χ0) is 30.6. The molecule has 47 heavy (non-hydrogen) atoms. The fourth-order valence-corrected chi connectivity index (χ4v) is 8.59. The molecule has 0 saturated carbocycles. The first-order valence-corrected chi connectivity index (χ1v) is 16.6. The molecule has 2 aliphatic heterocycles. The van der Waals surface area contributed by atoms with Gasteiger partial charge in [-0.15, -0.1) is 11.3 Å². The first kappa shape index (κ1) is 25.2. The quantitative estimate of drug-likeness (QED) is 0.196. The molecule has 0 saturated heterocycles. The van der Waals surface area contributed by atoms with Gasteiger partial charge in [0.2, 0.25) is 0 Å². The van der Waals surface area contributed by atoms with Gasteiger partial charge >= 0.3 is 0 Å². The number of hydrogen-bond donors (Lipinski definition) is 0. The fourth-order valence-electron chi connectivity index (χ4n) is 7.50. The van der Waals surface area contributed by atoms with Gasteiger partial charge in [-0.2, -0.15) is 0 Å². The molecule has 0 spiro atoms. The highest BCUT2D eigenvalue weighted by Crippen LogP contribution is 2.55. The number of nitrogens with zero attached hydrogens (tertiary/aromatic N) is 2. The molecule has 0 N–H and O–H groups in total. The minimum Gasteiger partial charge on any atom is -0.453 e. The summed E-state index contributed by atoms with van der Waals surface area (Å²) in [6.45, 7) is 0. The predicted octanol–water partition coefficient (Wildman–Crippen LogP) is 12.5. The summed E-state index contributed by atoms with van der Waals surface area (Å²) in [6, 6.07) is 51.8. The lowest BCUT2D eigenvalue weighted by atomic mass is 10.0. The highest BCUT2D eigenvalue weighted by atomic mass is 32.1. The van der Waals surface area contributed by atoms with Crippen LogP contribution < -0.4 is 14.4 Å². The Labute approximate surface area is 273 Å². The third-order valence-corrected chi connectivity index (χ3v) is 10.7. The van der Waals surface area contributed by atoms with Crippen LogP contribution in [0.4, 0.5) is 17.1 Å². The molecule has 7 aromatic carbocycles. The van der Waals surface area contributed by atoms with E-state index in [9.17, 15) is 0 Å². The molecule has 0 bridgehead atoms. The monoisotopic (exact) mass is 620 g/mol. The van der Waals surface area contributed by atoms with Crippen molar-refractivity contribution in [1.29, 1.82) is 0 Å². The molecule has 2 aliphatic rings. The summed E-state index contributed by atoms with van der Waals surface area (Å²) in [4.78, 5) is 2.37. The van der Waals surface area contributed by atoms with Crippen LogP contribution in [0, 0.1) is 0 Å². The number of hydrogen-bond acceptors (Lipinski definition) is 4. The molecule has 2 aromatic heterocycles. The summed E-state index contributed by atoms with van der Waals surface area (Å²) in [5, 5.41) is 4.81. The Balaban J connectivity index is 1.21. The molecular formula is C42H24N2O2S. The number of rotatable bonds is 4. The van der Waals surface area contributed by atoms with Crippen molar-refractivity contribution in [3.05, 3.63) is 146 Å². The predicted molar refractivity (Wildman–Crippen MR) is 194 cm³/mol. The maximum absolute atomic E-state index is 6.73. The summed E-state index contributed by atoms with van der Waals surface area (Å²) in [5.41, 5.74) is 8.66. The first-order valence-electron chi connectivity index (χ1n) is 15.8. The number of aromatic nitrogens is 1. The van der Waals surface area contributed by atoms with Gasteiger partial charge in [0.25, 0.3) is 0 Å². The van der Waals surface area contributed by atoms with E-state index in [1.807, 2.05) is 29.5 Å². The van der Waals surface area contributed by atoms with Crippen molar-refractivity contribution in [2.45, 2.75) is 0 Å². The molecule has 0 aliphatic carbocycles. The molecule has 0 unspecified atom stereocenters. The van der Waals surface area contributed by atoms with Crippen LogP contribution in [0.5, 0.6) is 23.0 Å². The van der Waals surface area contributed by atoms with E-state index in [1.54, 1.807) is 0 Å². The second kappa shape index (κ2) is 9.25. The Morgan fingerprint density at radius 2 is 1.09 bits per heavy atom. The van der Waals surface area contributed by atoms with Crippen LogP contribution in [-0.2, 0) is 0 Å². The van der Waals surface area contributed by atoms with Crippen molar-refractivity contribution in [3.63, 3.8) is 0 Å². The van der Waals surface area contributed by atoms with Crippen molar-refractivity contribution in [2.24, 2.45) is 0 Å². The standard InChI is InChI=1S/C42H24N2O2S/c1-2-9-25(10-3-1)26-11-6-12-27(21-26)43(28-19-20-39-32(22-28)30-13-4-5-18-38(30)47-39)29-23-33-31-14-7-15-34-40(31)44-41(33)37(24-29)46-36-17-8-16-35(45-34)42(36)44/h1-24H. The van der Waals surface area contributed by atoms with E-state index in [1.165, 1.54) is 31.3 Å². The van der Waals surface area contributed by atoms with Gasteiger partial charge in [0, 0.05) is 48.4 Å². The average molecular weight is 621 g/mol. The topological polar surface area (TPSA) is 26.6 Å². The minimum atomic E-state index is 0.796. The number of anilines is 3. The second-order valence-electron chi connectivity index (χ2n) is 12.2. The van der Waals surface area contributed by atoms with Crippen molar-refractivity contribution in [3.8, 4) is 39.8 Å². The van der Waals surface area contributed by atoms with Crippen LogP contribution in [0.1, 0.15) is 0 Å². The van der Waals surface area contributed by atoms with E-state index in [-0.39, 0.29) is 0 Å². The molecule has 11 rings (SSSR count). The van der Waals surface area contributed by atoms with Crippen molar-refractivity contribution in [1.82, 2.24) is 4.57 Å². The minimum absolute atomic E-state index is 0.796.